The standard InChI is InChI=1S/C18H16N2O/c21-18(16-9-5-2-6-10-16)12-14-20-13-11-17(19-20)15-7-3-1-4-8-15/h1-11,13H,12,14H2. The van der Waals surface area contributed by atoms with E-state index >= 15 is 0 Å². The maximum atomic E-state index is 12.1. The van der Waals surface area contributed by atoms with Crippen LogP contribution in [0.5, 0.6) is 0 Å². The number of carbonyl (C=O) groups excluding carboxylic acids is 1. The van der Waals surface area contributed by atoms with E-state index in [2.05, 4.69) is 5.10 Å². The normalized spacial score (nSPS) is 10.5. The highest BCUT2D eigenvalue weighted by molar-refractivity contribution is 5.95. The van der Waals surface area contributed by atoms with Crippen molar-refractivity contribution in [3.63, 3.8) is 0 Å². The average molecular weight is 276 g/mol. The predicted molar refractivity (Wildman–Crippen MR) is 83.1 cm³/mol. The quantitative estimate of drug-likeness (QED) is 0.664. The molecule has 3 nitrogen and oxygen atoms in total. The number of ketones is 1. The molecule has 3 aromatic rings. The topological polar surface area (TPSA) is 34.9 Å². The summed E-state index contributed by atoms with van der Waals surface area (Å²) >= 11 is 0. The van der Waals surface area contributed by atoms with Gasteiger partial charge >= 0.3 is 0 Å². The molecule has 3 heteroatoms. The van der Waals surface area contributed by atoms with E-state index in [1.54, 1.807) is 0 Å². The Hall–Kier alpha value is -2.68. The molecule has 0 aliphatic carbocycles. The second kappa shape index (κ2) is 6.18. The van der Waals surface area contributed by atoms with Crippen LogP contribution in [0.3, 0.4) is 0 Å². The van der Waals surface area contributed by atoms with Crippen LogP contribution in [0.15, 0.2) is 72.9 Å². The number of aryl methyl sites for hydroxylation is 1. The zero-order chi connectivity index (χ0) is 14.5. The molecule has 0 saturated heterocycles. The Balaban J connectivity index is 1.64. The van der Waals surface area contributed by atoms with Gasteiger partial charge < -0.3 is 0 Å². The fourth-order valence-electron chi connectivity index (χ4n) is 2.23. The molecule has 0 amide bonds. The van der Waals surface area contributed by atoms with Crippen LogP contribution >= 0.6 is 0 Å². The Morgan fingerprint density at radius 3 is 2.29 bits per heavy atom. The van der Waals surface area contributed by atoms with Gasteiger partial charge in [-0.05, 0) is 6.07 Å². The zero-order valence-electron chi connectivity index (χ0n) is 11.6. The molecular weight excluding hydrogens is 260 g/mol. The van der Waals surface area contributed by atoms with Crippen LogP contribution in [0.2, 0.25) is 0 Å². The fourth-order valence-corrected chi connectivity index (χ4v) is 2.23. The fraction of sp³-hybridized carbons (Fsp3) is 0.111. The average Bonchev–Trinajstić information content (AvgIpc) is 3.03. The lowest BCUT2D eigenvalue weighted by molar-refractivity contribution is 0.0975. The number of benzene rings is 2. The lowest BCUT2D eigenvalue weighted by Gasteiger charge is -2.02. The van der Waals surface area contributed by atoms with E-state index in [4.69, 9.17) is 0 Å². The Bertz CT molecular complexity index is 717. The first-order valence-electron chi connectivity index (χ1n) is 7.00. The zero-order valence-corrected chi connectivity index (χ0v) is 11.6. The van der Waals surface area contributed by atoms with Crippen LogP contribution in [-0.4, -0.2) is 15.6 Å². The maximum Gasteiger partial charge on any atom is 0.164 e. The van der Waals surface area contributed by atoms with Gasteiger partial charge in [0.1, 0.15) is 0 Å². The number of carbonyl (C=O) groups is 1. The molecule has 0 saturated carbocycles. The third kappa shape index (κ3) is 3.26. The Kier molecular flexibility index (Phi) is 3.92. The number of nitrogens with zero attached hydrogens (tertiary/aromatic N) is 2. The van der Waals surface area contributed by atoms with Gasteiger partial charge in [-0.3, -0.25) is 9.48 Å². The molecule has 0 fully saturated rings. The van der Waals surface area contributed by atoms with Crippen molar-refractivity contribution in [1.29, 1.82) is 0 Å². The van der Waals surface area contributed by atoms with E-state index in [1.807, 2.05) is 77.6 Å². The molecule has 2 aromatic carbocycles. The van der Waals surface area contributed by atoms with Gasteiger partial charge in [-0.1, -0.05) is 60.7 Å². The summed E-state index contributed by atoms with van der Waals surface area (Å²) in [6.45, 7) is 0.598. The van der Waals surface area contributed by atoms with Crippen molar-refractivity contribution in [3.8, 4) is 11.3 Å². The summed E-state index contributed by atoms with van der Waals surface area (Å²) in [5.74, 6) is 0.146. The van der Waals surface area contributed by atoms with E-state index in [1.165, 1.54) is 0 Å². The van der Waals surface area contributed by atoms with Crippen LogP contribution < -0.4 is 0 Å². The van der Waals surface area contributed by atoms with Crippen molar-refractivity contribution < 1.29 is 4.79 Å². The van der Waals surface area contributed by atoms with Gasteiger partial charge in [0.05, 0.1) is 5.69 Å². The molecule has 1 heterocycles. The largest absolute Gasteiger partial charge is 0.294 e. The highest BCUT2D eigenvalue weighted by Crippen LogP contribution is 2.16. The van der Waals surface area contributed by atoms with Gasteiger partial charge in [-0.2, -0.15) is 5.10 Å². The molecule has 0 radical (unpaired) electrons. The van der Waals surface area contributed by atoms with Crippen molar-refractivity contribution in [1.82, 2.24) is 9.78 Å². The Labute approximate surface area is 123 Å². The minimum absolute atomic E-state index is 0.146. The van der Waals surface area contributed by atoms with Crippen molar-refractivity contribution >= 4 is 5.78 Å². The summed E-state index contributed by atoms with van der Waals surface area (Å²) in [6.07, 6.45) is 2.38. The van der Waals surface area contributed by atoms with Crippen molar-refractivity contribution in [2.45, 2.75) is 13.0 Å². The minimum Gasteiger partial charge on any atom is -0.294 e. The smallest absolute Gasteiger partial charge is 0.164 e. The van der Waals surface area contributed by atoms with Gasteiger partial charge in [0.2, 0.25) is 0 Å². The lowest BCUT2D eigenvalue weighted by Crippen LogP contribution is -2.06. The second-order valence-electron chi connectivity index (χ2n) is 4.87. The maximum absolute atomic E-state index is 12.1. The first-order chi connectivity index (χ1) is 10.3. The van der Waals surface area contributed by atoms with Crippen LogP contribution in [0, 0.1) is 0 Å². The van der Waals surface area contributed by atoms with Gasteiger partial charge in [0.25, 0.3) is 0 Å². The molecule has 0 unspecified atom stereocenters. The molecule has 3 rings (SSSR count). The Morgan fingerprint density at radius 2 is 1.57 bits per heavy atom. The lowest BCUT2D eigenvalue weighted by atomic mass is 10.1. The summed E-state index contributed by atoms with van der Waals surface area (Å²) < 4.78 is 1.82. The van der Waals surface area contributed by atoms with Gasteiger partial charge in [-0.15, -0.1) is 0 Å². The van der Waals surface area contributed by atoms with Crippen molar-refractivity contribution in [2.24, 2.45) is 0 Å². The van der Waals surface area contributed by atoms with Crippen molar-refractivity contribution in [3.05, 3.63) is 78.5 Å². The van der Waals surface area contributed by atoms with Crippen LogP contribution in [-0.2, 0) is 6.54 Å². The number of rotatable bonds is 5. The van der Waals surface area contributed by atoms with E-state index in [0.29, 0.717) is 13.0 Å². The first kappa shape index (κ1) is 13.3. The van der Waals surface area contributed by atoms with Crippen LogP contribution in [0.25, 0.3) is 11.3 Å². The highest BCUT2D eigenvalue weighted by Gasteiger charge is 2.06. The number of Topliss-reactive ketones (excluding diaryl/α,β-unsaturated/α-hetero) is 1. The molecule has 0 spiro atoms. The minimum atomic E-state index is 0.146. The van der Waals surface area contributed by atoms with E-state index in [-0.39, 0.29) is 5.78 Å². The first-order valence-corrected chi connectivity index (χ1v) is 7.00. The SMILES string of the molecule is O=C(CCn1ccc(-c2ccccc2)n1)c1ccccc1. The summed E-state index contributed by atoms with van der Waals surface area (Å²) in [5, 5.41) is 4.51. The molecule has 1 aromatic heterocycles. The predicted octanol–water partition coefficient (Wildman–Crippen LogP) is 3.82. The second-order valence-corrected chi connectivity index (χ2v) is 4.87. The van der Waals surface area contributed by atoms with Crippen LogP contribution in [0.1, 0.15) is 16.8 Å². The molecule has 0 aliphatic heterocycles. The van der Waals surface area contributed by atoms with Gasteiger partial charge in [0, 0.05) is 30.3 Å². The van der Waals surface area contributed by atoms with Crippen molar-refractivity contribution in [2.75, 3.05) is 0 Å². The molecule has 21 heavy (non-hydrogen) atoms. The van der Waals surface area contributed by atoms with E-state index in [9.17, 15) is 4.79 Å². The monoisotopic (exact) mass is 276 g/mol. The molecular formula is C18H16N2O. The molecule has 104 valence electrons. The van der Waals surface area contributed by atoms with Crippen LogP contribution in [0.4, 0.5) is 0 Å². The number of hydrogen-bond acceptors (Lipinski definition) is 2. The summed E-state index contributed by atoms with van der Waals surface area (Å²) in [4.78, 5) is 12.1. The summed E-state index contributed by atoms with van der Waals surface area (Å²) in [7, 11) is 0. The third-order valence-electron chi connectivity index (χ3n) is 3.37. The molecule has 0 bridgehead atoms. The molecule has 0 atom stereocenters. The number of aromatic nitrogens is 2. The number of hydrogen-bond donors (Lipinski definition) is 0. The van der Waals surface area contributed by atoms with E-state index < -0.39 is 0 Å². The van der Waals surface area contributed by atoms with E-state index in [0.717, 1.165) is 16.8 Å². The molecule has 0 N–H and O–H groups in total. The molecule has 0 aliphatic rings. The van der Waals surface area contributed by atoms with Gasteiger partial charge in [0.15, 0.2) is 5.78 Å². The highest BCUT2D eigenvalue weighted by atomic mass is 16.1. The van der Waals surface area contributed by atoms with Gasteiger partial charge in [-0.25, -0.2) is 0 Å². The third-order valence-corrected chi connectivity index (χ3v) is 3.37. The Morgan fingerprint density at radius 1 is 0.905 bits per heavy atom. The summed E-state index contributed by atoms with van der Waals surface area (Å²) in [5.41, 5.74) is 2.78. The summed E-state index contributed by atoms with van der Waals surface area (Å²) in [6, 6.07) is 21.4.